The third-order valence-corrected chi connectivity index (χ3v) is 14.1. The molecule has 0 amide bonds. The smallest absolute Gasteiger partial charge is 0.0700 e. The van der Waals surface area contributed by atoms with Gasteiger partial charge in [0.05, 0.1) is 8.47 Å². The Morgan fingerprint density at radius 2 is 0.690 bits per heavy atom. The zero-order valence-corrected chi connectivity index (χ0v) is 26.8. The topological polar surface area (TPSA) is 0 Å². The summed E-state index contributed by atoms with van der Waals surface area (Å²) in [5.74, 6) is 0. The SMILES string of the molecule is C1=C(c2cc3ccc2CCc2ccc(cc2)CC3)S/C(=C2/SC=C(c3cc4ccc3CCc3ccc(cc3)CC4)S2)S1. The second-order valence-electron chi connectivity index (χ2n) is 11.6. The summed E-state index contributed by atoms with van der Waals surface area (Å²) in [5, 5.41) is 4.81. The van der Waals surface area contributed by atoms with Gasteiger partial charge >= 0.3 is 0 Å². The van der Waals surface area contributed by atoms with Gasteiger partial charge in [-0.2, -0.15) is 0 Å². The van der Waals surface area contributed by atoms with Crippen molar-refractivity contribution < 1.29 is 0 Å². The fourth-order valence-corrected chi connectivity index (χ4v) is 11.3. The van der Waals surface area contributed by atoms with Crippen molar-refractivity contribution in [1.82, 2.24) is 0 Å². The van der Waals surface area contributed by atoms with Gasteiger partial charge in [0.2, 0.25) is 0 Å². The van der Waals surface area contributed by atoms with E-state index in [4.69, 9.17) is 0 Å². The molecule has 2 aliphatic heterocycles. The predicted molar refractivity (Wildman–Crippen MR) is 189 cm³/mol. The van der Waals surface area contributed by atoms with Gasteiger partial charge in [-0.15, -0.1) is 0 Å². The van der Waals surface area contributed by atoms with Gasteiger partial charge in [-0.1, -0.05) is 132 Å². The Bertz CT molecular complexity index is 1630. The first-order chi connectivity index (χ1) is 20.7. The molecule has 4 aromatic rings. The van der Waals surface area contributed by atoms with Crippen LogP contribution in [0.3, 0.4) is 0 Å². The first-order valence-corrected chi connectivity index (χ1v) is 18.4. The number of thioether (sulfide) groups is 4. The van der Waals surface area contributed by atoms with Crippen molar-refractivity contribution in [3.05, 3.63) is 160 Å². The maximum atomic E-state index is 2.48. The number of benzene rings is 4. The van der Waals surface area contributed by atoms with Crippen LogP contribution in [-0.2, 0) is 51.4 Å². The van der Waals surface area contributed by atoms with Crippen molar-refractivity contribution in [3.8, 4) is 0 Å². The van der Waals surface area contributed by atoms with Crippen LogP contribution in [0.25, 0.3) is 9.81 Å². The average molecular weight is 617 g/mol. The molecule has 4 aromatic carbocycles. The van der Waals surface area contributed by atoms with Crippen LogP contribution in [0.1, 0.15) is 55.6 Å². The molecule has 8 bridgehead atoms. The lowest BCUT2D eigenvalue weighted by Crippen LogP contribution is -2.01. The van der Waals surface area contributed by atoms with Gasteiger partial charge < -0.3 is 0 Å². The van der Waals surface area contributed by atoms with Gasteiger partial charge in [0.15, 0.2) is 0 Å². The highest BCUT2D eigenvalue weighted by Gasteiger charge is 2.25. The molecule has 42 heavy (non-hydrogen) atoms. The van der Waals surface area contributed by atoms with Gasteiger partial charge in [0.25, 0.3) is 0 Å². The number of rotatable bonds is 2. The summed E-state index contributed by atoms with van der Waals surface area (Å²) < 4.78 is 2.87. The first-order valence-electron chi connectivity index (χ1n) is 15.0. The molecular formula is C38H32S4. The molecule has 14 rings (SSSR count). The molecule has 208 valence electrons. The van der Waals surface area contributed by atoms with Crippen LogP contribution >= 0.6 is 47.0 Å². The fraction of sp³-hybridized carbons (Fsp3) is 0.211. The maximum Gasteiger partial charge on any atom is 0.0700 e. The minimum absolute atomic E-state index is 1.09. The Labute approximate surface area is 266 Å². The quantitative estimate of drug-likeness (QED) is 0.220. The van der Waals surface area contributed by atoms with Crippen LogP contribution in [0.5, 0.6) is 0 Å². The molecule has 0 N–H and O–H groups in total. The fourth-order valence-electron chi connectivity index (χ4n) is 6.26. The summed E-state index contributed by atoms with van der Waals surface area (Å²) in [6, 6.07) is 33.1. The zero-order valence-electron chi connectivity index (χ0n) is 23.5. The van der Waals surface area contributed by atoms with Crippen LogP contribution in [0, 0.1) is 0 Å². The third-order valence-electron chi connectivity index (χ3n) is 8.81. The summed E-state index contributed by atoms with van der Waals surface area (Å²) >= 11 is 7.81. The van der Waals surface area contributed by atoms with Crippen molar-refractivity contribution in [3.63, 3.8) is 0 Å². The van der Waals surface area contributed by atoms with Crippen LogP contribution in [0.2, 0.25) is 0 Å². The molecule has 0 aromatic heterocycles. The van der Waals surface area contributed by atoms with E-state index in [-0.39, 0.29) is 0 Å². The molecule has 0 atom stereocenters. The molecule has 8 aliphatic carbocycles. The number of aryl methyl sites for hydroxylation is 8. The second-order valence-corrected chi connectivity index (χ2v) is 16.0. The first kappa shape index (κ1) is 27.1. The van der Waals surface area contributed by atoms with E-state index in [0.29, 0.717) is 0 Å². The molecule has 0 radical (unpaired) electrons. The summed E-state index contributed by atoms with van der Waals surface area (Å²) in [6.45, 7) is 0. The van der Waals surface area contributed by atoms with Gasteiger partial charge in [0.1, 0.15) is 0 Å². The van der Waals surface area contributed by atoms with E-state index in [1.165, 1.54) is 73.9 Å². The molecule has 0 saturated carbocycles. The van der Waals surface area contributed by atoms with E-state index in [1.807, 2.05) is 47.0 Å². The minimum atomic E-state index is 1.09. The minimum Gasteiger partial charge on any atom is -0.0878 e. The van der Waals surface area contributed by atoms with Crippen LogP contribution < -0.4 is 0 Å². The molecule has 0 fully saturated rings. The lowest BCUT2D eigenvalue weighted by atomic mass is 9.93. The molecule has 0 unspecified atom stereocenters. The third kappa shape index (κ3) is 5.71. The molecule has 0 spiro atoms. The van der Waals surface area contributed by atoms with Crippen LogP contribution in [0.15, 0.2) is 104 Å². The molecule has 4 heteroatoms. The summed E-state index contributed by atoms with van der Waals surface area (Å²) in [7, 11) is 0. The largest absolute Gasteiger partial charge is 0.0878 e. The van der Waals surface area contributed by atoms with Crippen LogP contribution in [-0.4, -0.2) is 0 Å². The maximum absolute atomic E-state index is 2.48. The van der Waals surface area contributed by atoms with Crippen molar-refractivity contribution >= 4 is 56.9 Å². The summed E-state index contributed by atoms with van der Waals surface area (Å²) in [4.78, 5) is 2.84. The Kier molecular flexibility index (Phi) is 7.66. The summed E-state index contributed by atoms with van der Waals surface area (Å²) in [5.41, 5.74) is 14.5. The lowest BCUT2D eigenvalue weighted by Gasteiger charge is -2.15. The Balaban J connectivity index is 1.02. The highest BCUT2D eigenvalue weighted by molar-refractivity contribution is 8.36. The van der Waals surface area contributed by atoms with Gasteiger partial charge in [-0.05, 0) is 118 Å². The molecule has 0 saturated heterocycles. The highest BCUT2D eigenvalue weighted by atomic mass is 32.2. The molecule has 0 nitrogen and oxygen atoms in total. The monoisotopic (exact) mass is 616 g/mol. The lowest BCUT2D eigenvalue weighted by molar-refractivity contribution is 0.919. The Morgan fingerprint density at radius 1 is 0.357 bits per heavy atom. The molecular weight excluding hydrogens is 585 g/mol. The van der Waals surface area contributed by atoms with E-state index in [9.17, 15) is 0 Å². The van der Waals surface area contributed by atoms with E-state index in [0.717, 1.165) is 51.4 Å². The van der Waals surface area contributed by atoms with Gasteiger partial charge in [-0.25, -0.2) is 0 Å². The summed E-state index contributed by atoms with van der Waals surface area (Å²) in [6.07, 6.45) is 8.76. The van der Waals surface area contributed by atoms with E-state index in [2.05, 4.69) is 95.7 Å². The van der Waals surface area contributed by atoms with Crippen molar-refractivity contribution in [2.24, 2.45) is 0 Å². The van der Waals surface area contributed by atoms with Crippen molar-refractivity contribution in [1.29, 1.82) is 0 Å². The van der Waals surface area contributed by atoms with Crippen LogP contribution in [0.4, 0.5) is 0 Å². The molecule has 10 aliphatic rings. The van der Waals surface area contributed by atoms with E-state index < -0.39 is 0 Å². The predicted octanol–water partition coefficient (Wildman–Crippen LogP) is 10.8. The van der Waals surface area contributed by atoms with Gasteiger partial charge in [-0.3, -0.25) is 0 Å². The average Bonchev–Trinajstić information content (AvgIpc) is 3.71. The standard InChI is InChI=1S/C38H32S4/c1-5-27-6-2-25(1)9-11-29-15-19-31(17-13-27)33(21-29)35-23-39-37(41-35)38-40-24-36(42-38)34-22-30-12-10-26-3-7-28(8-4-26)14-18-32(34)20-16-30/h1-8,15-16,19-24H,9-14,17-18H2/b38-37-. The number of hydrogen-bond acceptors (Lipinski definition) is 4. The number of hydrogen-bond donors (Lipinski definition) is 0. The van der Waals surface area contributed by atoms with Gasteiger partial charge in [0, 0.05) is 9.81 Å². The Morgan fingerprint density at radius 3 is 1.10 bits per heavy atom. The van der Waals surface area contributed by atoms with Crippen molar-refractivity contribution in [2.75, 3.05) is 0 Å². The Hall–Kier alpha value is -2.50. The normalized spacial score (nSPS) is 19.7. The zero-order chi connectivity index (χ0) is 27.9. The van der Waals surface area contributed by atoms with E-state index >= 15 is 0 Å². The van der Waals surface area contributed by atoms with E-state index in [1.54, 1.807) is 0 Å². The van der Waals surface area contributed by atoms with Crippen molar-refractivity contribution in [2.45, 2.75) is 51.4 Å². The molecule has 2 heterocycles. The second kappa shape index (κ2) is 11.9. The highest BCUT2D eigenvalue weighted by Crippen LogP contribution is 2.59.